The van der Waals surface area contributed by atoms with E-state index >= 15 is 0 Å². The van der Waals surface area contributed by atoms with Crippen molar-refractivity contribution in [2.24, 2.45) is 0 Å². The Balaban J connectivity index is 2.83. The Morgan fingerprint density at radius 1 is 1.40 bits per heavy atom. The number of ether oxygens (including phenoxy) is 2. The minimum atomic E-state index is -0.888. The molecule has 0 saturated heterocycles. The molecule has 20 heavy (non-hydrogen) atoms. The zero-order valence-corrected chi connectivity index (χ0v) is 12.1. The van der Waals surface area contributed by atoms with Crippen molar-refractivity contribution in [3.05, 3.63) is 29.6 Å². The van der Waals surface area contributed by atoms with Gasteiger partial charge in [0.25, 0.3) is 0 Å². The summed E-state index contributed by atoms with van der Waals surface area (Å²) in [5, 5.41) is 9.36. The third-order valence-electron chi connectivity index (χ3n) is 2.80. The summed E-state index contributed by atoms with van der Waals surface area (Å²) in [4.78, 5) is 11.7. The highest BCUT2D eigenvalue weighted by atomic mass is 19.1. The first-order chi connectivity index (χ1) is 9.49. The molecule has 1 unspecified atom stereocenters. The predicted octanol–water partition coefficient (Wildman–Crippen LogP) is 2.99. The maximum Gasteiger partial charge on any atom is 0.347 e. The number of carbonyl (C=O) groups is 1. The summed E-state index contributed by atoms with van der Waals surface area (Å²) < 4.78 is 24.1. The van der Waals surface area contributed by atoms with E-state index in [-0.39, 0.29) is 17.9 Å². The zero-order chi connectivity index (χ0) is 15.1. The Bertz CT molecular complexity index is 445. The van der Waals surface area contributed by atoms with Crippen LogP contribution in [0, 0.1) is 5.82 Å². The fraction of sp³-hybridized carbons (Fsp3) is 0.533. The molecule has 2 atom stereocenters. The Kier molecular flexibility index (Phi) is 6.45. The molecule has 0 bridgehead atoms. The number of rotatable bonds is 7. The van der Waals surface area contributed by atoms with Gasteiger partial charge in [-0.25, -0.2) is 9.18 Å². The van der Waals surface area contributed by atoms with Crippen LogP contribution in [0.2, 0.25) is 0 Å². The van der Waals surface area contributed by atoms with Gasteiger partial charge in [-0.3, -0.25) is 0 Å². The molecule has 0 saturated carbocycles. The van der Waals surface area contributed by atoms with E-state index in [1.165, 1.54) is 25.1 Å². The molecule has 0 aliphatic heterocycles. The van der Waals surface area contributed by atoms with Crippen LogP contribution in [-0.2, 0) is 9.53 Å². The third-order valence-corrected chi connectivity index (χ3v) is 2.80. The van der Waals surface area contributed by atoms with Gasteiger partial charge in [-0.1, -0.05) is 13.3 Å². The summed E-state index contributed by atoms with van der Waals surface area (Å²) in [6.45, 7) is 5.40. The molecule has 112 valence electrons. The van der Waals surface area contributed by atoms with Gasteiger partial charge >= 0.3 is 5.97 Å². The maximum absolute atomic E-state index is 13.7. The van der Waals surface area contributed by atoms with E-state index < -0.39 is 24.0 Å². The smallest absolute Gasteiger partial charge is 0.347 e. The first-order valence-electron chi connectivity index (χ1n) is 6.80. The average Bonchev–Trinajstić information content (AvgIpc) is 2.38. The lowest BCUT2D eigenvalue weighted by atomic mass is 10.1. The lowest BCUT2D eigenvalue weighted by molar-refractivity contribution is -0.151. The van der Waals surface area contributed by atoms with Gasteiger partial charge in [-0.05, 0) is 32.4 Å². The highest BCUT2D eigenvalue weighted by molar-refractivity contribution is 5.75. The van der Waals surface area contributed by atoms with Gasteiger partial charge in [0.15, 0.2) is 6.10 Å². The molecule has 0 aliphatic carbocycles. The van der Waals surface area contributed by atoms with Crippen LogP contribution in [0.25, 0.3) is 0 Å². The van der Waals surface area contributed by atoms with Gasteiger partial charge in [0.2, 0.25) is 0 Å². The molecule has 4 nitrogen and oxygen atoms in total. The third kappa shape index (κ3) is 4.49. The molecule has 1 aromatic rings. The second kappa shape index (κ2) is 7.85. The van der Waals surface area contributed by atoms with Crippen molar-refractivity contribution in [3.8, 4) is 5.75 Å². The average molecular weight is 284 g/mol. The molecule has 0 spiro atoms. The van der Waals surface area contributed by atoms with Crippen LogP contribution in [0.1, 0.15) is 45.3 Å². The number of benzene rings is 1. The van der Waals surface area contributed by atoms with Crippen LogP contribution in [0.4, 0.5) is 4.39 Å². The number of hydrogen-bond acceptors (Lipinski definition) is 4. The van der Waals surface area contributed by atoms with Crippen LogP contribution in [-0.4, -0.2) is 23.8 Å². The van der Waals surface area contributed by atoms with E-state index in [1.54, 1.807) is 6.92 Å². The lowest BCUT2D eigenvalue weighted by Gasteiger charge is -2.17. The molecular formula is C15H21FO4. The number of halogens is 1. The Hall–Kier alpha value is -1.62. The van der Waals surface area contributed by atoms with Crippen LogP contribution in [0.3, 0.4) is 0 Å². The number of carbonyl (C=O) groups excluding carboxylic acids is 1. The fourth-order valence-electron chi connectivity index (χ4n) is 1.81. The van der Waals surface area contributed by atoms with E-state index in [0.29, 0.717) is 6.42 Å². The van der Waals surface area contributed by atoms with E-state index in [1.807, 2.05) is 6.92 Å². The van der Waals surface area contributed by atoms with Crippen molar-refractivity contribution in [2.75, 3.05) is 6.61 Å². The number of esters is 1. The number of aliphatic hydroxyl groups is 1. The fourth-order valence-corrected chi connectivity index (χ4v) is 1.81. The maximum atomic E-state index is 13.7. The van der Waals surface area contributed by atoms with Gasteiger partial charge in [0, 0.05) is 11.6 Å². The second-order valence-electron chi connectivity index (χ2n) is 4.51. The Morgan fingerprint density at radius 3 is 2.60 bits per heavy atom. The summed E-state index contributed by atoms with van der Waals surface area (Å²) in [7, 11) is 0. The minimum Gasteiger partial charge on any atom is -0.479 e. The molecule has 1 rings (SSSR count). The molecule has 0 heterocycles. The van der Waals surface area contributed by atoms with Crippen LogP contribution >= 0.6 is 0 Å². The standard InChI is InChI=1S/C15H21FO4/c1-4-6-14(15(18)19-5-2)20-11-7-8-12(10(3)17)13(16)9-11/h7-10,14,17H,4-6H2,1-3H3/t10-,14?/m0/s1. The summed E-state index contributed by atoms with van der Waals surface area (Å²) >= 11 is 0. The molecule has 0 aliphatic rings. The van der Waals surface area contributed by atoms with Gasteiger partial charge in [-0.15, -0.1) is 0 Å². The topological polar surface area (TPSA) is 55.8 Å². The molecule has 5 heteroatoms. The number of hydrogen-bond donors (Lipinski definition) is 1. The van der Waals surface area contributed by atoms with Crippen molar-refractivity contribution < 1.29 is 23.8 Å². The number of aliphatic hydroxyl groups excluding tert-OH is 1. The normalized spacial score (nSPS) is 13.7. The highest BCUT2D eigenvalue weighted by Crippen LogP contribution is 2.23. The van der Waals surface area contributed by atoms with Crippen molar-refractivity contribution in [1.29, 1.82) is 0 Å². The molecule has 0 aromatic heterocycles. The van der Waals surface area contributed by atoms with Crippen molar-refractivity contribution in [2.45, 2.75) is 45.8 Å². The summed E-state index contributed by atoms with van der Waals surface area (Å²) in [6, 6.07) is 4.15. The highest BCUT2D eigenvalue weighted by Gasteiger charge is 2.21. The van der Waals surface area contributed by atoms with Crippen molar-refractivity contribution in [3.63, 3.8) is 0 Å². The van der Waals surface area contributed by atoms with Crippen molar-refractivity contribution in [1.82, 2.24) is 0 Å². The van der Waals surface area contributed by atoms with Gasteiger partial charge in [0.1, 0.15) is 11.6 Å². The van der Waals surface area contributed by atoms with Crippen LogP contribution < -0.4 is 4.74 Å². The van der Waals surface area contributed by atoms with Crippen LogP contribution in [0.15, 0.2) is 18.2 Å². The largest absolute Gasteiger partial charge is 0.479 e. The monoisotopic (exact) mass is 284 g/mol. The van der Waals surface area contributed by atoms with E-state index in [2.05, 4.69) is 0 Å². The molecule has 1 N–H and O–H groups in total. The Morgan fingerprint density at radius 2 is 2.10 bits per heavy atom. The Labute approximate surface area is 118 Å². The van der Waals surface area contributed by atoms with Gasteiger partial charge in [0.05, 0.1) is 12.7 Å². The van der Waals surface area contributed by atoms with Crippen molar-refractivity contribution >= 4 is 5.97 Å². The zero-order valence-electron chi connectivity index (χ0n) is 12.1. The summed E-state index contributed by atoms with van der Waals surface area (Å²) in [6.07, 6.45) is -0.381. The van der Waals surface area contributed by atoms with Crippen LogP contribution in [0.5, 0.6) is 5.75 Å². The summed E-state index contributed by atoms with van der Waals surface area (Å²) in [5.41, 5.74) is 0.195. The molecule has 0 fully saturated rings. The molecule has 0 amide bonds. The van der Waals surface area contributed by atoms with Gasteiger partial charge < -0.3 is 14.6 Å². The molecule has 1 aromatic carbocycles. The minimum absolute atomic E-state index is 0.195. The first kappa shape index (κ1) is 16.4. The summed E-state index contributed by atoms with van der Waals surface area (Å²) in [5.74, 6) is -0.760. The van der Waals surface area contributed by atoms with E-state index in [0.717, 1.165) is 6.42 Å². The quantitative estimate of drug-likeness (QED) is 0.782. The SMILES string of the molecule is CCCC(Oc1ccc([C@H](C)O)c(F)c1)C(=O)OCC. The van der Waals surface area contributed by atoms with E-state index in [9.17, 15) is 14.3 Å². The molecular weight excluding hydrogens is 263 g/mol. The first-order valence-corrected chi connectivity index (χ1v) is 6.80. The second-order valence-corrected chi connectivity index (χ2v) is 4.51. The predicted molar refractivity (Wildman–Crippen MR) is 73.0 cm³/mol. The molecule has 0 radical (unpaired) electrons. The lowest BCUT2D eigenvalue weighted by Crippen LogP contribution is -2.29. The van der Waals surface area contributed by atoms with Gasteiger partial charge in [-0.2, -0.15) is 0 Å². The van der Waals surface area contributed by atoms with E-state index in [4.69, 9.17) is 9.47 Å².